The van der Waals surface area contributed by atoms with Crippen LogP contribution in [0.4, 0.5) is 0 Å². The van der Waals surface area contributed by atoms with Crippen molar-refractivity contribution in [3.8, 4) is 0 Å². The highest BCUT2D eigenvalue weighted by Crippen LogP contribution is 2.16. The van der Waals surface area contributed by atoms with Crippen molar-refractivity contribution in [3.05, 3.63) is 54.1 Å². The molecule has 1 N–H and O–H groups in total. The summed E-state index contributed by atoms with van der Waals surface area (Å²) in [6.07, 6.45) is 7.85. The maximum atomic E-state index is 11.1. The number of aliphatic hydroxyl groups is 1. The van der Waals surface area contributed by atoms with Gasteiger partial charge in [0.05, 0.1) is 12.2 Å². The van der Waals surface area contributed by atoms with Gasteiger partial charge in [0, 0.05) is 6.08 Å². The third-order valence-electron chi connectivity index (χ3n) is 2.77. The molecular formula is C17H22O3. The van der Waals surface area contributed by atoms with Crippen LogP contribution in [0.1, 0.15) is 32.3 Å². The first kappa shape index (κ1) is 16.2. The van der Waals surface area contributed by atoms with Gasteiger partial charge in [-0.15, -0.1) is 0 Å². The number of esters is 1. The molecule has 3 heteroatoms. The van der Waals surface area contributed by atoms with Crippen molar-refractivity contribution >= 4 is 12.0 Å². The lowest BCUT2D eigenvalue weighted by Crippen LogP contribution is -2.21. The zero-order valence-electron chi connectivity index (χ0n) is 12.1. The Kier molecular flexibility index (Phi) is 6.74. The molecule has 0 radical (unpaired) electrons. The molecule has 0 spiro atoms. The van der Waals surface area contributed by atoms with E-state index in [2.05, 4.69) is 0 Å². The van der Waals surface area contributed by atoms with Crippen molar-refractivity contribution in [3.63, 3.8) is 0 Å². The van der Waals surface area contributed by atoms with Crippen LogP contribution < -0.4 is 0 Å². The van der Waals surface area contributed by atoms with Crippen LogP contribution >= 0.6 is 0 Å². The van der Waals surface area contributed by atoms with Crippen molar-refractivity contribution in [2.24, 2.45) is 0 Å². The monoisotopic (exact) mass is 274 g/mol. The Balaban J connectivity index is 2.41. The summed E-state index contributed by atoms with van der Waals surface area (Å²) in [4.78, 5) is 11.1. The lowest BCUT2D eigenvalue weighted by molar-refractivity contribution is -0.137. The fraction of sp³-hybridized carbons (Fsp3) is 0.353. The number of benzene rings is 1. The fourth-order valence-corrected chi connectivity index (χ4v) is 1.70. The molecule has 0 saturated carbocycles. The molecule has 1 rings (SSSR count). The highest BCUT2D eigenvalue weighted by atomic mass is 16.5. The first-order chi connectivity index (χ1) is 9.53. The van der Waals surface area contributed by atoms with E-state index in [0.717, 1.165) is 5.56 Å². The number of carbonyl (C=O) groups is 1. The molecule has 0 aliphatic carbocycles. The van der Waals surface area contributed by atoms with Gasteiger partial charge >= 0.3 is 5.97 Å². The van der Waals surface area contributed by atoms with E-state index in [4.69, 9.17) is 4.74 Å². The molecule has 0 unspecified atom stereocenters. The maximum Gasteiger partial charge on any atom is 0.330 e. The summed E-state index contributed by atoms with van der Waals surface area (Å²) in [5.41, 5.74) is 0.235. The highest BCUT2D eigenvalue weighted by molar-refractivity contribution is 5.81. The van der Waals surface area contributed by atoms with Gasteiger partial charge in [-0.05, 0) is 32.3 Å². The van der Waals surface area contributed by atoms with Crippen LogP contribution in [0.2, 0.25) is 0 Å². The van der Waals surface area contributed by atoms with Gasteiger partial charge in [0.15, 0.2) is 0 Å². The number of rotatable bonds is 7. The van der Waals surface area contributed by atoms with Crippen molar-refractivity contribution < 1.29 is 14.6 Å². The van der Waals surface area contributed by atoms with E-state index in [0.29, 0.717) is 19.4 Å². The summed E-state index contributed by atoms with van der Waals surface area (Å²) >= 11 is 0. The zero-order valence-corrected chi connectivity index (χ0v) is 12.1. The summed E-state index contributed by atoms with van der Waals surface area (Å²) in [6, 6.07) is 9.92. The van der Waals surface area contributed by atoms with Gasteiger partial charge in [0.2, 0.25) is 0 Å². The molecule has 108 valence electrons. The van der Waals surface area contributed by atoms with Gasteiger partial charge in [-0.2, -0.15) is 0 Å². The molecule has 0 bridgehead atoms. The molecule has 20 heavy (non-hydrogen) atoms. The van der Waals surface area contributed by atoms with Crippen LogP contribution in [-0.2, 0) is 9.53 Å². The van der Waals surface area contributed by atoms with Gasteiger partial charge < -0.3 is 9.84 Å². The quantitative estimate of drug-likeness (QED) is 0.612. The smallest absolute Gasteiger partial charge is 0.330 e. The number of hydrogen-bond donors (Lipinski definition) is 1. The van der Waals surface area contributed by atoms with Crippen molar-refractivity contribution in [1.29, 1.82) is 0 Å². The first-order valence-electron chi connectivity index (χ1n) is 6.81. The molecule has 0 aliphatic heterocycles. The predicted octanol–water partition coefficient (Wildman–Crippen LogP) is 3.35. The summed E-state index contributed by atoms with van der Waals surface area (Å²) in [7, 11) is 0. The number of ether oxygens (including phenoxy) is 1. The maximum absolute atomic E-state index is 11.1. The van der Waals surface area contributed by atoms with Crippen LogP contribution in [0, 0.1) is 0 Å². The molecule has 0 fully saturated rings. The minimum Gasteiger partial charge on any atom is -0.463 e. The third-order valence-corrected chi connectivity index (χ3v) is 2.77. The second-order valence-corrected chi connectivity index (χ2v) is 4.87. The van der Waals surface area contributed by atoms with E-state index in [-0.39, 0.29) is 5.97 Å². The lowest BCUT2D eigenvalue weighted by atomic mass is 9.97. The Morgan fingerprint density at radius 1 is 1.25 bits per heavy atom. The lowest BCUT2D eigenvalue weighted by Gasteiger charge is -2.19. The Morgan fingerprint density at radius 3 is 2.55 bits per heavy atom. The summed E-state index contributed by atoms with van der Waals surface area (Å²) in [6.45, 7) is 3.87. The van der Waals surface area contributed by atoms with Crippen LogP contribution in [-0.4, -0.2) is 23.3 Å². The van der Waals surface area contributed by atoms with E-state index < -0.39 is 5.60 Å². The van der Waals surface area contributed by atoms with Gasteiger partial charge in [-0.25, -0.2) is 4.79 Å². The largest absolute Gasteiger partial charge is 0.463 e. The van der Waals surface area contributed by atoms with Crippen molar-refractivity contribution in [2.75, 3.05) is 6.61 Å². The summed E-state index contributed by atoms with van der Waals surface area (Å²) in [5.74, 6) is -0.372. The molecule has 0 saturated heterocycles. The van der Waals surface area contributed by atoms with Gasteiger partial charge in [0.1, 0.15) is 0 Å². The third kappa shape index (κ3) is 6.90. The Morgan fingerprint density at radius 2 is 1.90 bits per heavy atom. The number of hydrogen-bond acceptors (Lipinski definition) is 3. The predicted molar refractivity (Wildman–Crippen MR) is 81.1 cm³/mol. The van der Waals surface area contributed by atoms with Crippen LogP contribution in [0.5, 0.6) is 0 Å². The minimum absolute atomic E-state index is 0.360. The van der Waals surface area contributed by atoms with Crippen molar-refractivity contribution in [1.82, 2.24) is 0 Å². The Hall–Kier alpha value is -1.87. The number of carbonyl (C=O) groups excluding carboxylic acids is 1. The van der Waals surface area contributed by atoms with Crippen LogP contribution in [0.25, 0.3) is 6.08 Å². The van der Waals surface area contributed by atoms with E-state index >= 15 is 0 Å². The summed E-state index contributed by atoms with van der Waals surface area (Å²) < 4.78 is 4.77. The molecular weight excluding hydrogens is 252 g/mol. The zero-order chi connectivity index (χ0) is 14.8. The molecule has 0 aliphatic rings. The Labute approximate surface area is 120 Å². The SMILES string of the molecule is CCOC(=O)/C=C\C[C@@](C)(O)C/C=C/c1ccccc1. The average Bonchev–Trinajstić information content (AvgIpc) is 2.40. The molecule has 0 heterocycles. The molecule has 1 aromatic carbocycles. The standard InChI is InChI=1S/C17H22O3/c1-3-20-16(18)12-8-14-17(2,19)13-7-11-15-9-5-4-6-10-15/h4-12,19H,3,13-14H2,1-2H3/b11-7+,12-8-/t17-/m0/s1. The first-order valence-corrected chi connectivity index (χ1v) is 6.81. The molecule has 0 aromatic heterocycles. The van der Waals surface area contributed by atoms with Gasteiger partial charge in [0.25, 0.3) is 0 Å². The Bertz CT molecular complexity index is 458. The molecule has 1 aromatic rings. The minimum atomic E-state index is -0.867. The fourth-order valence-electron chi connectivity index (χ4n) is 1.70. The normalized spacial score (nSPS) is 14.6. The van der Waals surface area contributed by atoms with E-state index in [1.165, 1.54) is 6.08 Å². The van der Waals surface area contributed by atoms with E-state index in [1.807, 2.05) is 42.5 Å². The van der Waals surface area contributed by atoms with E-state index in [1.54, 1.807) is 19.9 Å². The van der Waals surface area contributed by atoms with Crippen LogP contribution in [0.3, 0.4) is 0 Å². The average molecular weight is 274 g/mol. The van der Waals surface area contributed by atoms with Gasteiger partial charge in [-0.1, -0.05) is 48.6 Å². The second-order valence-electron chi connectivity index (χ2n) is 4.87. The highest BCUT2D eigenvalue weighted by Gasteiger charge is 2.16. The molecule has 0 amide bonds. The second kappa shape index (κ2) is 8.33. The van der Waals surface area contributed by atoms with Crippen molar-refractivity contribution in [2.45, 2.75) is 32.3 Å². The molecule has 3 nitrogen and oxygen atoms in total. The van der Waals surface area contributed by atoms with Crippen LogP contribution in [0.15, 0.2) is 48.6 Å². The molecule has 1 atom stereocenters. The van der Waals surface area contributed by atoms with Gasteiger partial charge in [-0.3, -0.25) is 0 Å². The van der Waals surface area contributed by atoms with E-state index in [9.17, 15) is 9.90 Å². The summed E-state index contributed by atoms with van der Waals surface area (Å²) in [5, 5.41) is 10.2. The topological polar surface area (TPSA) is 46.5 Å².